The largest absolute Gasteiger partial charge is 0.493 e. The van der Waals surface area contributed by atoms with E-state index in [1.54, 1.807) is 18.2 Å². The summed E-state index contributed by atoms with van der Waals surface area (Å²) in [5.41, 5.74) is -0.143. The highest BCUT2D eigenvalue weighted by Gasteiger charge is 2.19. The second kappa shape index (κ2) is 7.51. The fourth-order valence-electron chi connectivity index (χ4n) is 2.79. The SMILES string of the molecule is COc1cc2cc3c(=O)n(CCOC(C)=O)c(C(=O)O)nc3nc2cc1OC. The van der Waals surface area contributed by atoms with Crippen molar-refractivity contribution in [2.45, 2.75) is 13.5 Å². The van der Waals surface area contributed by atoms with E-state index in [0.29, 0.717) is 22.4 Å². The fraction of sp³-hybridized carbons (Fsp3) is 0.278. The van der Waals surface area contributed by atoms with Gasteiger partial charge in [0.2, 0.25) is 5.82 Å². The molecule has 0 amide bonds. The minimum atomic E-state index is -1.39. The number of rotatable bonds is 6. The zero-order valence-electron chi connectivity index (χ0n) is 15.4. The Hall–Kier alpha value is -3.69. The number of methoxy groups -OCH3 is 2. The molecule has 1 aromatic carbocycles. The Morgan fingerprint density at radius 3 is 2.39 bits per heavy atom. The molecule has 0 atom stereocenters. The van der Waals surface area contributed by atoms with Gasteiger partial charge in [-0.15, -0.1) is 0 Å². The molecule has 2 aromatic heterocycles. The van der Waals surface area contributed by atoms with E-state index < -0.39 is 23.3 Å². The van der Waals surface area contributed by atoms with Gasteiger partial charge in [0.05, 0.1) is 31.7 Å². The lowest BCUT2D eigenvalue weighted by Gasteiger charge is -2.12. The first-order chi connectivity index (χ1) is 13.3. The van der Waals surface area contributed by atoms with Gasteiger partial charge in [0.15, 0.2) is 17.1 Å². The van der Waals surface area contributed by atoms with Crippen LogP contribution in [0.1, 0.15) is 17.5 Å². The lowest BCUT2D eigenvalue weighted by atomic mass is 10.1. The van der Waals surface area contributed by atoms with Gasteiger partial charge < -0.3 is 19.3 Å². The number of hydrogen-bond acceptors (Lipinski definition) is 8. The van der Waals surface area contributed by atoms with Crippen LogP contribution in [0.5, 0.6) is 11.5 Å². The maximum absolute atomic E-state index is 12.9. The summed E-state index contributed by atoms with van der Waals surface area (Å²) in [5, 5.41) is 10.2. The van der Waals surface area contributed by atoms with E-state index in [4.69, 9.17) is 14.2 Å². The smallest absolute Gasteiger partial charge is 0.372 e. The Morgan fingerprint density at radius 1 is 1.11 bits per heavy atom. The predicted octanol–water partition coefficient (Wildman–Crippen LogP) is 1.22. The number of benzene rings is 1. The first kappa shape index (κ1) is 19.1. The number of ether oxygens (including phenoxy) is 3. The van der Waals surface area contributed by atoms with Crippen LogP contribution in [0.3, 0.4) is 0 Å². The number of carbonyl (C=O) groups excluding carboxylic acids is 1. The van der Waals surface area contributed by atoms with Crippen LogP contribution in [0, 0.1) is 0 Å². The summed E-state index contributed by atoms with van der Waals surface area (Å²) in [5.74, 6) is -1.52. The summed E-state index contributed by atoms with van der Waals surface area (Å²) in [6.07, 6.45) is 0. The van der Waals surface area contributed by atoms with E-state index in [9.17, 15) is 19.5 Å². The van der Waals surface area contributed by atoms with Crippen LogP contribution in [0.25, 0.3) is 21.9 Å². The van der Waals surface area contributed by atoms with Gasteiger partial charge in [-0.05, 0) is 12.1 Å². The van der Waals surface area contributed by atoms with Crippen molar-refractivity contribution in [1.29, 1.82) is 0 Å². The summed E-state index contributed by atoms with van der Waals surface area (Å²) >= 11 is 0. The van der Waals surface area contributed by atoms with Crippen LogP contribution >= 0.6 is 0 Å². The zero-order chi connectivity index (χ0) is 20.4. The standard InChI is InChI=1S/C18H17N3O7/c1-9(22)28-5-4-21-16(18(24)25)20-15-11(17(21)23)6-10-7-13(26-2)14(27-3)8-12(10)19-15/h6-8H,4-5H2,1-3H3,(H,24,25). The second-order valence-corrected chi connectivity index (χ2v) is 5.80. The Bertz CT molecular complexity index is 1150. The maximum atomic E-state index is 12.9. The summed E-state index contributed by atoms with van der Waals surface area (Å²) in [6.45, 7) is 0.916. The number of carboxylic acid groups (broad SMARTS) is 1. The van der Waals surface area contributed by atoms with E-state index in [-0.39, 0.29) is 24.2 Å². The van der Waals surface area contributed by atoms with Crippen LogP contribution in [0.15, 0.2) is 23.0 Å². The summed E-state index contributed by atoms with van der Waals surface area (Å²) in [6, 6.07) is 4.83. The number of carbonyl (C=O) groups is 2. The third-order valence-corrected chi connectivity index (χ3v) is 4.05. The molecule has 2 heterocycles. The zero-order valence-corrected chi connectivity index (χ0v) is 15.4. The van der Waals surface area contributed by atoms with E-state index in [2.05, 4.69) is 9.97 Å². The van der Waals surface area contributed by atoms with Crippen molar-refractivity contribution < 1.29 is 28.9 Å². The first-order valence-corrected chi connectivity index (χ1v) is 8.19. The second-order valence-electron chi connectivity index (χ2n) is 5.80. The van der Waals surface area contributed by atoms with Gasteiger partial charge in [0, 0.05) is 18.4 Å². The third-order valence-electron chi connectivity index (χ3n) is 4.05. The number of esters is 1. The molecule has 146 valence electrons. The molecule has 0 bridgehead atoms. The molecule has 0 aliphatic heterocycles. The van der Waals surface area contributed by atoms with Gasteiger partial charge in [-0.2, -0.15) is 0 Å². The minimum Gasteiger partial charge on any atom is -0.493 e. The summed E-state index contributed by atoms with van der Waals surface area (Å²) in [4.78, 5) is 43.7. The number of nitrogens with zero attached hydrogens (tertiary/aromatic N) is 3. The van der Waals surface area contributed by atoms with Crippen molar-refractivity contribution in [2.24, 2.45) is 0 Å². The van der Waals surface area contributed by atoms with E-state index in [1.165, 1.54) is 21.1 Å². The molecule has 0 aliphatic rings. The Balaban J connectivity index is 2.24. The average Bonchev–Trinajstić information content (AvgIpc) is 2.66. The molecule has 3 aromatic rings. The lowest BCUT2D eigenvalue weighted by molar-refractivity contribution is -0.141. The van der Waals surface area contributed by atoms with Crippen LogP contribution in [-0.2, 0) is 16.1 Å². The van der Waals surface area contributed by atoms with Crippen molar-refractivity contribution in [2.75, 3.05) is 20.8 Å². The van der Waals surface area contributed by atoms with Crippen molar-refractivity contribution in [3.05, 3.63) is 34.4 Å². The molecule has 10 nitrogen and oxygen atoms in total. The van der Waals surface area contributed by atoms with E-state index in [0.717, 1.165) is 4.57 Å². The molecule has 0 fully saturated rings. The van der Waals surface area contributed by atoms with Crippen LogP contribution in [0.4, 0.5) is 0 Å². The van der Waals surface area contributed by atoms with Crippen LogP contribution < -0.4 is 15.0 Å². The topological polar surface area (TPSA) is 130 Å². The summed E-state index contributed by atoms with van der Waals surface area (Å²) < 4.78 is 16.3. The molecule has 0 radical (unpaired) electrons. The van der Waals surface area contributed by atoms with Gasteiger partial charge in [-0.25, -0.2) is 14.8 Å². The minimum absolute atomic E-state index is 0.00847. The third kappa shape index (κ3) is 3.43. The molecule has 0 saturated heterocycles. The highest BCUT2D eigenvalue weighted by atomic mass is 16.5. The van der Waals surface area contributed by atoms with Crippen LogP contribution in [0.2, 0.25) is 0 Å². The number of pyridine rings is 1. The highest BCUT2D eigenvalue weighted by Crippen LogP contribution is 2.32. The Labute approximate surface area is 158 Å². The number of fused-ring (bicyclic) bond motifs is 2. The number of carboxylic acids is 1. The van der Waals surface area contributed by atoms with Gasteiger partial charge in [-0.3, -0.25) is 14.2 Å². The molecule has 3 rings (SSSR count). The Morgan fingerprint density at radius 2 is 1.79 bits per heavy atom. The number of hydrogen-bond donors (Lipinski definition) is 1. The normalized spacial score (nSPS) is 10.8. The molecular weight excluding hydrogens is 370 g/mol. The molecular formula is C18H17N3O7. The summed E-state index contributed by atoms with van der Waals surface area (Å²) in [7, 11) is 2.97. The Kier molecular flexibility index (Phi) is 5.12. The fourth-order valence-corrected chi connectivity index (χ4v) is 2.79. The van der Waals surface area contributed by atoms with Crippen LogP contribution in [-0.4, -0.2) is 52.4 Å². The van der Waals surface area contributed by atoms with Crippen molar-refractivity contribution in [1.82, 2.24) is 14.5 Å². The predicted molar refractivity (Wildman–Crippen MR) is 98.0 cm³/mol. The number of aromatic nitrogens is 3. The first-order valence-electron chi connectivity index (χ1n) is 8.19. The van der Waals surface area contributed by atoms with Crippen molar-refractivity contribution in [3.63, 3.8) is 0 Å². The molecule has 0 aliphatic carbocycles. The highest BCUT2D eigenvalue weighted by molar-refractivity contribution is 5.94. The molecule has 0 unspecified atom stereocenters. The van der Waals surface area contributed by atoms with Gasteiger partial charge in [-0.1, -0.05) is 0 Å². The molecule has 28 heavy (non-hydrogen) atoms. The maximum Gasteiger partial charge on any atom is 0.372 e. The average molecular weight is 387 g/mol. The number of aromatic carboxylic acids is 1. The van der Waals surface area contributed by atoms with E-state index in [1.807, 2.05) is 0 Å². The quantitative estimate of drug-likeness (QED) is 0.490. The monoisotopic (exact) mass is 387 g/mol. The molecule has 0 saturated carbocycles. The van der Waals surface area contributed by atoms with Gasteiger partial charge in [0.1, 0.15) is 6.61 Å². The van der Waals surface area contributed by atoms with Gasteiger partial charge in [0.25, 0.3) is 5.56 Å². The van der Waals surface area contributed by atoms with E-state index >= 15 is 0 Å². The molecule has 0 spiro atoms. The molecule has 10 heteroatoms. The van der Waals surface area contributed by atoms with Gasteiger partial charge >= 0.3 is 11.9 Å². The van der Waals surface area contributed by atoms with Crippen molar-refractivity contribution >= 4 is 33.9 Å². The molecule has 1 N–H and O–H groups in total. The van der Waals surface area contributed by atoms with Crippen molar-refractivity contribution in [3.8, 4) is 11.5 Å². The lowest BCUT2D eigenvalue weighted by Crippen LogP contribution is -2.30.